The number of nitrogens with one attached hydrogen (secondary N) is 1. The van der Waals surface area contributed by atoms with Gasteiger partial charge in [-0.25, -0.2) is 9.59 Å². The highest BCUT2D eigenvalue weighted by Gasteiger charge is 2.18. The molecule has 2 amide bonds. The number of carbonyl (C=O) groups excluding carboxylic acids is 1. The fraction of sp³-hybridized carbons (Fsp3) is 0.481. The molecular formula is C27H38N2O6S. The molecule has 2 aromatic rings. The van der Waals surface area contributed by atoms with Crippen molar-refractivity contribution in [2.45, 2.75) is 39.2 Å². The molecule has 2 aromatic carbocycles. The minimum absolute atomic E-state index is 0.182. The Hall–Kier alpha value is -2.91. The van der Waals surface area contributed by atoms with Crippen LogP contribution in [0.5, 0.6) is 11.5 Å². The van der Waals surface area contributed by atoms with Crippen LogP contribution in [0, 0.1) is 0 Å². The first-order chi connectivity index (χ1) is 17.5. The van der Waals surface area contributed by atoms with Gasteiger partial charge in [-0.1, -0.05) is 25.1 Å². The number of anilines is 1. The molecule has 198 valence electrons. The standard InChI is InChI=1S/C27H38N2O6S/c1-4-17-36-18-7-14-29(27(32)28-22-8-6-9-24(20-22)33-3)15-16-35-23-12-10-21(11-13-23)19-25(26(30)31)34-5-2/h6,8-13,20,25H,4-5,7,14-19H2,1-3H3,(H,28,32)(H,30,31). The fourth-order valence-corrected chi connectivity index (χ4v) is 4.28. The molecular weight excluding hydrogens is 480 g/mol. The number of hydrogen-bond acceptors (Lipinski definition) is 6. The number of thioether (sulfide) groups is 1. The van der Waals surface area contributed by atoms with Gasteiger partial charge in [0.2, 0.25) is 0 Å². The lowest BCUT2D eigenvalue weighted by atomic mass is 10.1. The van der Waals surface area contributed by atoms with E-state index in [4.69, 9.17) is 14.2 Å². The van der Waals surface area contributed by atoms with Crippen LogP contribution in [0.1, 0.15) is 32.3 Å². The topological polar surface area (TPSA) is 97.3 Å². The van der Waals surface area contributed by atoms with Gasteiger partial charge in [-0.05, 0) is 61.1 Å². The Kier molecular flexibility index (Phi) is 13.6. The first-order valence-corrected chi connectivity index (χ1v) is 13.5. The summed E-state index contributed by atoms with van der Waals surface area (Å²) in [5, 5.41) is 12.2. The summed E-state index contributed by atoms with van der Waals surface area (Å²) in [6.45, 7) is 5.68. The maximum absolute atomic E-state index is 13.0. The molecule has 0 heterocycles. The summed E-state index contributed by atoms with van der Waals surface area (Å²) in [4.78, 5) is 26.0. The van der Waals surface area contributed by atoms with Crippen molar-refractivity contribution in [1.82, 2.24) is 4.90 Å². The third-order valence-electron chi connectivity index (χ3n) is 5.29. The number of rotatable bonds is 17. The average Bonchev–Trinajstić information content (AvgIpc) is 2.88. The molecule has 36 heavy (non-hydrogen) atoms. The van der Waals surface area contributed by atoms with E-state index in [1.54, 1.807) is 25.0 Å². The SMILES string of the molecule is CCCSCCCN(CCOc1ccc(CC(OCC)C(=O)O)cc1)C(=O)Nc1cccc(OC)c1. The van der Waals surface area contributed by atoms with E-state index in [0.717, 1.165) is 29.9 Å². The highest BCUT2D eigenvalue weighted by atomic mass is 32.2. The Morgan fingerprint density at radius 1 is 1.06 bits per heavy atom. The summed E-state index contributed by atoms with van der Waals surface area (Å²) in [7, 11) is 1.59. The lowest BCUT2D eigenvalue weighted by Gasteiger charge is -2.23. The first kappa shape index (κ1) is 29.3. The zero-order valence-electron chi connectivity index (χ0n) is 21.4. The molecule has 0 spiro atoms. The molecule has 0 aliphatic heterocycles. The molecule has 0 aromatic heterocycles. The largest absolute Gasteiger partial charge is 0.497 e. The smallest absolute Gasteiger partial charge is 0.333 e. The monoisotopic (exact) mass is 518 g/mol. The number of benzene rings is 2. The van der Waals surface area contributed by atoms with E-state index in [2.05, 4.69) is 12.2 Å². The van der Waals surface area contributed by atoms with Crippen molar-refractivity contribution in [2.24, 2.45) is 0 Å². The number of carbonyl (C=O) groups is 2. The van der Waals surface area contributed by atoms with Crippen LogP contribution in [0.4, 0.5) is 10.5 Å². The number of ether oxygens (including phenoxy) is 3. The molecule has 0 radical (unpaired) electrons. The normalized spacial score (nSPS) is 11.5. The second-order valence-corrected chi connectivity index (χ2v) is 9.32. The van der Waals surface area contributed by atoms with Gasteiger partial charge in [0.25, 0.3) is 0 Å². The summed E-state index contributed by atoms with van der Waals surface area (Å²) < 4.78 is 16.4. The Morgan fingerprint density at radius 2 is 1.83 bits per heavy atom. The average molecular weight is 519 g/mol. The second-order valence-electron chi connectivity index (χ2n) is 8.09. The molecule has 9 heteroatoms. The molecule has 2 rings (SSSR count). The summed E-state index contributed by atoms with van der Waals surface area (Å²) in [6, 6.07) is 14.4. The van der Waals surface area contributed by atoms with E-state index in [-0.39, 0.29) is 12.5 Å². The number of nitrogens with zero attached hydrogens (tertiary/aromatic N) is 1. The van der Waals surface area contributed by atoms with Gasteiger partial charge in [-0.3, -0.25) is 0 Å². The molecule has 0 saturated carbocycles. The third kappa shape index (κ3) is 10.8. The fourth-order valence-electron chi connectivity index (χ4n) is 3.45. The van der Waals surface area contributed by atoms with E-state index < -0.39 is 12.1 Å². The van der Waals surface area contributed by atoms with Crippen LogP contribution in [0.15, 0.2) is 48.5 Å². The molecule has 0 bridgehead atoms. The third-order valence-corrected chi connectivity index (χ3v) is 6.57. The van der Waals surface area contributed by atoms with Crippen LogP contribution in [-0.4, -0.2) is 73.0 Å². The zero-order chi connectivity index (χ0) is 26.2. The van der Waals surface area contributed by atoms with Crippen LogP contribution in [0.3, 0.4) is 0 Å². The predicted molar refractivity (Wildman–Crippen MR) is 145 cm³/mol. The number of amides is 2. The maximum Gasteiger partial charge on any atom is 0.333 e. The molecule has 1 unspecified atom stereocenters. The number of urea groups is 1. The van der Waals surface area contributed by atoms with E-state index in [9.17, 15) is 14.7 Å². The highest BCUT2D eigenvalue weighted by Crippen LogP contribution is 2.18. The number of carboxylic acid groups (broad SMARTS) is 1. The Morgan fingerprint density at radius 3 is 2.50 bits per heavy atom. The van der Waals surface area contributed by atoms with E-state index >= 15 is 0 Å². The number of carboxylic acids is 1. The number of methoxy groups -OCH3 is 1. The Labute approximate surface area is 218 Å². The molecule has 0 saturated heterocycles. The van der Waals surface area contributed by atoms with Crippen molar-refractivity contribution in [1.29, 1.82) is 0 Å². The quantitative estimate of drug-likeness (QED) is 0.279. The van der Waals surface area contributed by atoms with Crippen molar-refractivity contribution in [2.75, 3.05) is 50.2 Å². The van der Waals surface area contributed by atoms with E-state index in [0.29, 0.717) is 43.5 Å². The van der Waals surface area contributed by atoms with Gasteiger partial charge in [-0.15, -0.1) is 0 Å². The van der Waals surface area contributed by atoms with Crippen molar-refractivity contribution in [3.63, 3.8) is 0 Å². The van der Waals surface area contributed by atoms with Gasteiger partial charge in [0.15, 0.2) is 6.10 Å². The summed E-state index contributed by atoms with van der Waals surface area (Å²) >= 11 is 1.89. The van der Waals surface area contributed by atoms with Crippen LogP contribution in [-0.2, 0) is 16.0 Å². The van der Waals surface area contributed by atoms with Gasteiger partial charge < -0.3 is 29.5 Å². The summed E-state index contributed by atoms with van der Waals surface area (Å²) in [5.41, 5.74) is 1.53. The van der Waals surface area contributed by atoms with Gasteiger partial charge in [0.1, 0.15) is 18.1 Å². The minimum Gasteiger partial charge on any atom is -0.497 e. The predicted octanol–water partition coefficient (Wildman–Crippen LogP) is 5.17. The number of aliphatic carboxylic acids is 1. The summed E-state index contributed by atoms with van der Waals surface area (Å²) in [6.07, 6.45) is 1.46. The molecule has 8 nitrogen and oxygen atoms in total. The van der Waals surface area contributed by atoms with E-state index in [1.165, 1.54) is 0 Å². The van der Waals surface area contributed by atoms with Crippen LogP contribution in [0.2, 0.25) is 0 Å². The molecule has 0 fully saturated rings. The minimum atomic E-state index is -0.974. The van der Waals surface area contributed by atoms with Gasteiger partial charge in [-0.2, -0.15) is 11.8 Å². The van der Waals surface area contributed by atoms with Gasteiger partial charge >= 0.3 is 12.0 Å². The summed E-state index contributed by atoms with van der Waals surface area (Å²) in [5.74, 6) is 2.48. The number of hydrogen-bond donors (Lipinski definition) is 2. The lowest BCUT2D eigenvalue weighted by Crippen LogP contribution is -2.38. The molecule has 1 atom stereocenters. The van der Waals surface area contributed by atoms with Crippen LogP contribution >= 0.6 is 11.8 Å². The molecule has 2 N–H and O–H groups in total. The van der Waals surface area contributed by atoms with Gasteiger partial charge in [0, 0.05) is 31.3 Å². The van der Waals surface area contributed by atoms with Gasteiger partial charge in [0.05, 0.1) is 13.7 Å². The van der Waals surface area contributed by atoms with Crippen molar-refractivity contribution < 1.29 is 28.9 Å². The zero-order valence-corrected chi connectivity index (χ0v) is 22.2. The van der Waals surface area contributed by atoms with Crippen molar-refractivity contribution >= 4 is 29.4 Å². The molecule has 0 aliphatic rings. The van der Waals surface area contributed by atoms with Crippen molar-refractivity contribution in [3.05, 3.63) is 54.1 Å². The van der Waals surface area contributed by atoms with E-state index in [1.807, 2.05) is 54.2 Å². The lowest BCUT2D eigenvalue weighted by molar-refractivity contribution is -0.149. The first-order valence-electron chi connectivity index (χ1n) is 12.3. The highest BCUT2D eigenvalue weighted by molar-refractivity contribution is 7.99. The Bertz CT molecular complexity index is 925. The van der Waals surface area contributed by atoms with Crippen LogP contribution < -0.4 is 14.8 Å². The maximum atomic E-state index is 13.0. The Balaban J connectivity index is 1.92. The second kappa shape index (κ2) is 16.7. The van der Waals surface area contributed by atoms with Crippen molar-refractivity contribution in [3.8, 4) is 11.5 Å². The molecule has 0 aliphatic carbocycles. The van der Waals surface area contributed by atoms with Crippen LogP contribution in [0.25, 0.3) is 0 Å².